The van der Waals surface area contributed by atoms with E-state index in [1.807, 2.05) is 39.0 Å². The van der Waals surface area contributed by atoms with Crippen LogP contribution in [0, 0.1) is 5.41 Å². The molecule has 0 radical (unpaired) electrons. The number of rotatable bonds is 3. The molecule has 7 heteroatoms. The highest BCUT2D eigenvalue weighted by molar-refractivity contribution is 6.31. The van der Waals surface area contributed by atoms with Crippen molar-refractivity contribution in [2.24, 2.45) is 5.41 Å². The van der Waals surface area contributed by atoms with E-state index in [9.17, 15) is 4.79 Å². The molecule has 1 amide bonds. The Balaban J connectivity index is 2.11. The van der Waals surface area contributed by atoms with Gasteiger partial charge < -0.3 is 5.32 Å². The number of halogens is 2. The lowest BCUT2D eigenvalue weighted by atomic mass is 9.92. The van der Waals surface area contributed by atoms with E-state index < -0.39 is 0 Å². The molecule has 0 aliphatic carbocycles. The van der Waals surface area contributed by atoms with Crippen molar-refractivity contribution in [3.8, 4) is 11.3 Å². The van der Waals surface area contributed by atoms with Gasteiger partial charge in [-0.25, -0.2) is 4.98 Å². The quantitative estimate of drug-likeness (QED) is 0.693. The first-order chi connectivity index (χ1) is 11.7. The number of aromatic nitrogens is 3. The van der Waals surface area contributed by atoms with Gasteiger partial charge in [-0.15, -0.1) is 0 Å². The summed E-state index contributed by atoms with van der Waals surface area (Å²) in [5.74, 6) is 0.780. The minimum Gasteiger partial charge on any atom is -0.309 e. The molecule has 0 bridgehead atoms. The summed E-state index contributed by atoms with van der Waals surface area (Å²) in [5, 5.41) is 3.96. The van der Waals surface area contributed by atoms with Gasteiger partial charge in [0.2, 0.25) is 11.7 Å². The zero-order chi connectivity index (χ0) is 18.2. The van der Waals surface area contributed by atoms with Crippen LogP contribution in [0.4, 0.5) is 5.82 Å². The topological polar surface area (TPSA) is 59.3 Å². The molecule has 0 spiro atoms. The van der Waals surface area contributed by atoms with Gasteiger partial charge in [0, 0.05) is 23.2 Å². The van der Waals surface area contributed by atoms with E-state index in [-0.39, 0.29) is 11.3 Å². The second kappa shape index (κ2) is 6.65. The monoisotopic (exact) mass is 376 g/mol. The fourth-order valence-electron chi connectivity index (χ4n) is 2.57. The Morgan fingerprint density at radius 1 is 1.24 bits per heavy atom. The molecular formula is C18H18Cl2N4O. The predicted molar refractivity (Wildman–Crippen MR) is 101 cm³/mol. The van der Waals surface area contributed by atoms with Gasteiger partial charge >= 0.3 is 0 Å². The van der Waals surface area contributed by atoms with Crippen molar-refractivity contribution in [2.75, 3.05) is 5.32 Å². The van der Waals surface area contributed by atoms with Crippen LogP contribution in [0.2, 0.25) is 10.0 Å². The van der Waals surface area contributed by atoms with Crippen molar-refractivity contribution >= 4 is 40.7 Å². The number of carbonyl (C=O) groups is 1. The highest BCUT2D eigenvalue weighted by Crippen LogP contribution is 2.31. The first-order valence-corrected chi connectivity index (χ1v) is 8.58. The molecule has 2 aromatic heterocycles. The lowest BCUT2D eigenvalue weighted by Gasteiger charge is -2.17. The van der Waals surface area contributed by atoms with E-state index in [0.29, 0.717) is 33.8 Å². The largest absolute Gasteiger partial charge is 0.309 e. The molecule has 0 unspecified atom stereocenters. The molecule has 0 fully saturated rings. The van der Waals surface area contributed by atoms with Crippen LogP contribution in [0.15, 0.2) is 36.7 Å². The van der Waals surface area contributed by atoms with Crippen molar-refractivity contribution in [2.45, 2.75) is 27.2 Å². The number of imidazole rings is 1. The maximum absolute atomic E-state index is 12.4. The molecule has 0 saturated carbocycles. The molecule has 1 aromatic carbocycles. The van der Waals surface area contributed by atoms with E-state index in [2.05, 4.69) is 15.3 Å². The number of amides is 1. The van der Waals surface area contributed by atoms with Crippen LogP contribution in [0.5, 0.6) is 0 Å². The summed E-state index contributed by atoms with van der Waals surface area (Å²) in [6.45, 7) is 6.03. The summed E-state index contributed by atoms with van der Waals surface area (Å²) >= 11 is 12.2. The number of hydrogen-bond acceptors (Lipinski definition) is 3. The average molecular weight is 377 g/mol. The van der Waals surface area contributed by atoms with Crippen LogP contribution in [0.25, 0.3) is 17.0 Å². The van der Waals surface area contributed by atoms with E-state index in [1.54, 1.807) is 16.7 Å². The van der Waals surface area contributed by atoms with E-state index in [4.69, 9.17) is 23.2 Å². The molecule has 0 aliphatic rings. The Bertz CT molecular complexity index is 944. The third-order valence-electron chi connectivity index (χ3n) is 3.50. The first-order valence-electron chi connectivity index (χ1n) is 7.82. The van der Waals surface area contributed by atoms with Gasteiger partial charge in [-0.05, 0) is 17.5 Å². The van der Waals surface area contributed by atoms with Crippen molar-refractivity contribution in [3.63, 3.8) is 0 Å². The number of anilines is 1. The zero-order valence-corrected chi connectivity index (χ0v) is 15.7. The predicted octanol–water partition coefficient (Wildman–Crippen LogP) is 5.08. The average Bonchev–Trinajstić information content (AvgIpc) is 2.82. The summed E-state index contributed by atoms with van der Waals surface area (Å²) in [6, 6.07) is 7.34. The summed E-state index contributed by atoms with van der Waals surface area (Å²) in [4.78, 5) is 21.1. The summed E-state index contributed by atoms with van der Waals surface area (Å²) in [7, 11) is 0. The molecule has 5 nitrogen and oxygen atoms in total. The number of nitrogens with one attached hydrogen (secondary N) is 1. The Kier molecular flexibility index (Phi) is 4.71. The molecule has 1 N–H and O–H groups in total. The van der Waals surface area contributed by atoms with Crippen LogP contribution in [0.1, 0.15) is 27.2 Å². The van der Waals surface area contributed by atoms with E-state index >= 15 is 0 Å². The van der Waals surface area contributed by atoms with Gasteiger partial charge in [-0.1, -0.05) is 56.1 Å². The number of benzene rings is 1. The number of fused-ring (bicyclic) bond motifs is 1. The third-order valence-corrected chi connectivity index (χ3v) is 3.93. The molecule has 25 heavy (non-hydrogen) atoms. The lowest BCUT2D eigenvalue weighted by molar-refractivity contribution is -0.117. The van der Waals surface area contributed by atoms with Crippen LogP contribution in [-0.2, 0) is 4.79 Å². The molecule has 3 rings (SSSR count). The SMILES string of the molecule is CC(C)(C)CC(=O)Nc1nc2ncc(Cl)cn2c1-c1cccc(Cl)c1. The Labute approximate surface area is 156 Å². The summed E-state index contributed by atoms with van der Waals surface area (Å²) < 4.78 is 1.75. The highest BCUT2D eigenvalue weighted by atomic mass is 35.5. The lowest BCUT2D eigenvalue weighted by Crippen LogP contribution is -2.20. The van der Waals surface area contributed by atoms with Gasteiger partial charge in [0.15, 0.2) is 5.82 Å². The Morgan fingerprint density at radius 3 is 2.68 bits per heavy atom. The fourth-order valence-corrected chi connectivity index (χ4v) is 2.90. The van der Waals surface area contributed by atoms with Crippen LogP contribution in [-0.4, -0.2) is 20.3 Å². The minimum absolute atomic E-state index is 0.106. The molecule has 130 valence electrons. The standard InChI is InChI=1S/C18H18Cl2N4O/c1-18(2,3)8-14(25)22-16-15(11-5-4-6-12(19)7-11)24-10-13(20)9-21-17(24)23-16/h4-7,9-10H,8H2,1-3H3,(H,22,25). The van der Waals surface area contributed by atoms with Crippen molar-refractivity contribution in [3.05, 3.63) is 46.7 Å². The van der Waals surface area contributed by atoms with Gasteiger partial charge in [-0.2, -0.15) is 4.98 Å². The highest BCUT2D eigenvalue weighted by Gasteiger charge is 2.21. The summed E-state index contributed by atoms with van der Waals surface area (Å²) in [5.41, 5.74) is 1.38. The van der Waals surface area contributed by atoms with Crippen LogP contribution in [0.3, 0.4) is 0 Å². The molecular weight excluding hydrogens is 359 g/mol. The maximum Gasteiger partial charge on any atom is 0.236 e. The van der Waals surface area contributed by atoms with E-state index in [1.165, 1.54) is 6.20 Å². The second-order valence-corrected chi connectivity index (χ2v) is 7.92. The first kappa shape index (κ1) is 17.7. The van der Waals surface area contributed by atoms with Crippen LogP contribution < -0.4 is 5.32 Å². The molecule has 0 atom stereocenters. The molecule has 0 saturated heterocycles. The zero-order valence-electron chi connectivity index (χ0n) is 14.2. The third kappa shape index (κ3) is 4.11. The maximum atomic E-state index is 12.4. The second-order valence-electron chi connectivity index (χ2n) is 7.05. The van der Waals surface area contributed by atoms with E-state index in [0.717, 1.165) is 5.56 Å². The fraction of sp³-hybridized carbons (Fsp3) is 0.278. The van der Waals surface area contributed by atoms with Gasteiger partial charge in [-0.3, -0.25) is 9.20 Å². The number of hydrogen-bond donors (Lipinski definition) is 1. The normalized spacial score (nSPS) is 11.7. The number of carbonyl (C=O) groups excluding carboxylic acids is 1. The van der Waals surface area contributed by atoms with Gasteiger partial charge in [0.05, 0.1) is 16.9 Å². The van der Waals surface area contributed by atoms with Crippen molar-refractivity contribution in [1.82, 2.24) is 14.4 Å². The van der Waals surface area contributed by atoms with Crippen molar-refractivity contribution < 1.29 is 4.79 Å². The Hall–Kier alpha value is -2.11. The van der Waals surface area contributed by atoms with Gasteiger partial charge in [0.1, 0.15) is 0 Å². The number of nitrogens with zero attached hydrogens (tertiary/aromatic N) is 3. The smallest absolute Gasteiger partial charge is 0.236 e. The van der Waals surface area contributed by atoms with Crippen molar-refractivity contribution in [1.29, 1.82) is 0 Å². The summed E-state index contributed by atoms with van der Waals surface area (Å²) in [6.07, 6.45) is 3.61. The minimum atomic E-state index is -0.124. The Morgan fingerprint density at radius 2 is 2.00 bits per heavy atom. The molecule has 0 aliphatic heterocycles. The van der Waals surface area contributed by atoms with Gasteiger partial charge in [0.25, 0.3) is 0 Å². The van der Waals surface area contributed by atoms with Crippen LogP contribution >= 0.6 is 23.2 Å². The molecule has 3 aromatic rings. The molecule has 2 heterocycles.